The minimum atomic E-state index is -0.611. The third kappa shape index (κ3) is 5.04. The predicted molar refractivity (Wildman–Crippen MR) is 108 cm³/mol. The highest BCUT2D eigenvalue weighted by atomic mass is 79.9. The number of rotatable bonds is 5. The molecular formula is C20H26BrN3O4. The Hall–Kier alpha value is -2.09. The van der Waals surface area contributed by atoms with Gasteiger partial charge in [-0.1, -0.05) is 15.9 Å². The molecule has 2 aliphatic heterocycles. The maximum atomic E-state index is 12.7. The molecule has 1 aromatic rings. The van der Waals surface area contributed by atoms with E-state index < -0.39 is 11.7 Å². The number of halogens is 1. The number of amides is 3. The summed E-state index contributed by atoms with van der Waals surface area (Å²) in [5, 5.41) is 2.89. The van der Waals surface area contributed by atoms with Gasteiger partial charge in [-0.15, -0.1) is 0 Å². The van der Waals surface area contributed by atoms with Crippen molar-refractivity contribution in [2.75, 3.05) is 19.6 Å². The molecule has 3 amide bonds. The summed E-state index contributed by atoms with van der Waals surface area (Å²) >= 11 is 3.43. The summed E-state index contributed by atoms with van der Waals surface area (Å²) < 4.78 is 6.46. The second-order valence-corrected chi connectivity index (χ2v) is 9.17. The number of hydrogen-bond donors (Lipinski definition) is 1. The molecule has 152 valence electrons. The highest BCUT2D eigenvalue weighted by Crippen LogP contribution is 2.26. The molecule has 1 N–H and O–H groups in total. The molecule has 2 heterocycles. The van der Waals surface area contributed by atoms with Crippen molar-refractivity contribution in [2.45, 2.75) is 51.8 Å². The van der Waals surface area contributed by atoms with Crippen molar-refractivity contribution < 1.29 is 19.1 Å². The second kappa shape index (κ2) is 8.11. The molecule has 0 radical (unpaired) electrons. The summed E-state index contributed by atoms with van der Waals surface area (Å²) in [6.45, 7) is 7.11. The summed E-state index contributed by atoms with van der Waals surface area (Å²) in [4.78, 5) is 40.1. The van der Waals surface area contributed by atoms with Gasteiger partial charge in [0.1, 0.15) is 5.60 Å². The molecule has 28 heavy (non-hydrogen) atoms. The second-order valence-electron chi connectivity index (χ2n) is 8.26. The van der Waals surface area contributed by atoms with Crippen LogP contribution in [0.3, 0.4) is 0 Å². The van der Waals surface area contributed by atoms with E-state index in [9.17, 15) is 14.4 Å². The largest absolute Gasteiger partial charge is 0.444 e. The van der Waals surface area contributed by atoms with Crippen LogP contribution in [0.2, 0.25) is 0 Å². The van der Waals surface area contributed by atoms with E-state index in [0.29, 0.717) is 44.6 Å². The van der Waals surface area contributed by atoms with Gasteiger partial charge in [0, 0.05) is 48.7 Å². The van der Waals surface area contributed by atoms with Crippen LogP contribution in [0.5, 0.6) is 0 Å². The Balaban J connectivity index is 1.65. The summed E-state index contributed by atoms with van der Waals surface area (Å²) in [5.41, 5.74) is 1.07. The van der Waals surface area contributed by atoms with Crippen LogP contribution in [0, 0.1) is 0 Å². The molecule has 3 rings (SSSR count). The molecule has 0 aliphatic carbocycles. The lowest BCUT2D eigenvalue weighted by molar-refractivity contribution is -0.119. The molecule has 0 spiro atoms. The van der Waals surface area contributed by atoms with Crippen molar-refractivity contribution in [3.8, 4) is 0 Å². The maximum Gasteiger partial charge on any atom is 0.410 e. The van der Waals surface area contributed by atoms with E-state index in [-0.39, 0.29) is 17.9 Å². The topological polar surface area (TPSA) is 79.0 Å². The number of carbonyl (C=O) groups is 3. The van der Waals surface area contributed by atoms with Crippen molar-refractivity contribution in [1.82, 2.24) is 15.1 Å². The van der Waals surface area contributed by atoms with Crippen LogP contribution in [0.15, 0.2) is 22.7 Å². The van der Waals surface area contributed by atoms with E-state index in [4.69, 9.17) is 4.74 Å². The molecule has 8 heteroatoms. The number of carbonyl (C=O) groups excluding carboxylic acids is 3. The zero-order valence-corrected chi connectivity index (χ0v) is 18.0. The zero-order chi connectivity index (χ0) is 20.5. The highest BCUT2D eigenvalue weighted by Gasteiger charge is 2.31. The molecule has 0 aromatic heterocycles. The van der Waals surface area contributed by atoms with Crippen LogP contribution in [0.4, 0.5) is 4.79 Å². The fourth-order valence-corrected chi connectivity index (χ4v) is 3.84. The van der Waals surface area contributed by atoms with Crippen LogP contribution in [-0.4, -0.2) is 59.0 Å². The van der Waals surface area contributed by atoms with E-state index in [1.54, 1.807) is 9.80 Å². The fraction of sp³-hybridized carbons (Fsp3) is 0.550. The Kier molecular flexibility index (Phi) is 5.98. The van der Waals surface area contributed by atoms with Gasteiger partial charge < -0.3 is 19.9 Å². The van der Waals surface area contributed by atoms with E-state index >= 15 is 0 Å². The summed E-state index contributed by atoms with van der Waals surface area (Å²) in [7, 11) is 0. The van der Waals surface area contributed by atoms with Gasteiger partial charge in [-0.25, -0.2) is 4.79 Å². The van der Waals surface area contributed by atoms with Crippen LogP contribution in [0.25, 0.3) is 0 Å². The number of hydrogen-bond acceptors (Lipinski definition) is 4. The first-order chi connectivity index (χ1) is 13.1. The summed E-state index contributed by atoms with van der Waals surface area (Å²) in [6.07, 6.45) is 0.738. The van der Waals surface area contributed by atoms with Crippen molar-refractivity contribution in [3.63, 3.8) is 0 Å². The van der Waals surface area contributed by atoms with Crippen molar-refractivity contribution in [1.29, 1.82) is 0 Å². The van der Waals surface area contributed by atoms with E-state index in [0.717, 1.165) is 10.0 Å². The zero-order valence-electron chi connectivity index (χ0n) is 16.5. The Morgan fingerprint density at radius 1 is 1.36 bits per heavy atom. The molecule has 1 fully saturated rings. The molecule has 7 nitrogen and oxygen atoms in total. The molecule has 0 bridgehead atoms. The smallest absolute Gasteiger partial charge is 0.410 e. The number of benzene rings is 1. The first-order valence-corrected chi connectivity index (χ1v) is 10.3. The van der Waals surface area contributed by atoms with Gasteiger partial charge >= 0.3 is 6.09 Å². The molecule has 1 atom stereocenters. The van der Waals surface area contributed by atoms with E-state index in [2.05, 4.69) is 21.2 Å². The predicted octanol–water partition coefficient (Wildman–Crippen LogP) is 2.92. The van der Waals surface area contributed by atoms with E-state index in [1.807, 2.05) is 39.0 Å². The first-order valence-electron chi connectivity index (χ1n) is 9.47. The lowest BCUT2D eigenvalue weighted by Gasteiger charge is -2.30. The lowest BCUT2D eigenvalue weighted by atomic mass is 10.1. The minimum absolute atomic E-state index is 0.00452. The normalized spacial score (nSPS) is 18.9. The standard InChI is InChI=1S/C20H26BrN3O4/c1-20(2,3)28-19(27)24(12-15-5-7-17(25)22-15)9-8-23-11-13-10-14(21)4-6-16(13)18(23)26/h4,6,10,15H,5,7-9,11-12H2,1-3H3,(H,22,25)/t15-/m0/s1. The Morgan fingerprint density at radius 2 is 2.11 bits per heavy atom. The monoisotopic (exact) mass is 451 g/mol. The summed E-state index contributed by atoms with van der Waals surface area (Å²) in [6, 6.07) is 5.55. The number of ether oxygens (including phenoxy) is 1. The minimum Gasteiger partial charge on any atom is -0.444 e. The third-order valence-corrected chi connectivity index (χ3v) is 5.26. The average molecular weight is 452 g/mol. The molecule has 0 saturated carbocycles. The Morgan fingerprint density at radius 3 is 2.75 bits per heavy atom. The molecule has 0 unspecified atom stereocenters. The SMILES string of the molecule is CC(C)(C)OC(=O)N(CCN1Cc2cc(Br)ccc2C1=O)C[C@@H]1CCC(=O)N1. The number of fused-ring (bicyclic) bond motifs is 1. The van der Waals surface area contributed by atoms with Crippen LogP contribution >= 0.6 is 15.9 Å². The van der Waals surface area contributed by atoms with Crippen LogP contribution < -0.4 is 5.32 Å². The van der Waals surface area contributed by atoms with Crippen molar-refractivity contribution in [3.05, 3.63) is 33.8 Å². The van der Waals surface area contributed by atoms with E-state index in [1.165, 1.54) is 0 Å². The van der Waals surface area contributed by atoms with Crippen LogP contribution in [0.1, 0.15) is 49.5 Å². The van der Waals surface area contributed by atoms with Crippen LogP contribution in [-0.2, 0) is 16.1 Å². The van der Waals surface area contributed by atoms with Crippen molar-refractivity contribution >= 4 is 33.8 Å². The molecule has 2 aliphatic rings. The van der Waals surface area contributed by atoms with Gasteiger partial charge in [0.25, 0.3) is 5.91 Å². The molecular weight excluding hydrogens is 426 g/mol. The van der Waals surface area contributed by atoms with Gasteiger partial charge in [-0.3, -0.25) is 9.59 Å². The van der Waals surface area contributed by atoms with Gasteiger partial charge in [0.15, 0.2) is 0 Å². The number of nitrogens with one attached hydrogen (secondary N) is 1. The van der Waals surface area contributed by atoms with Gasteiger partial charge in [-0.2, -0.15) is 0 Å². The summed E-state index contributed by atoms with van der Waals surface area (Å²) in [5.74, 6) is -0.0225. The fourth-order valence-electron chi connectivity index (χ4n) is 3.44. The molecule has 1 saturated heterocycles. The molecule has 1 aromatic carbocycles. The highest BCUT2D eigenvalue weighted by molar-refractivity contribution is 9.10. The first kappa shape index (κ1) is 20.6. The van der Waals surface area contributed by atoms with Crippen molar-refractivity contribution in [2.24, 2.45) is 0 Å². The Bertz CT molecular complexity index is 790. The third-order valence-electron chi connectivity index (χ3n) is 4.76. The van der Waals surface area contributed by atoms with Gasteiger partial charge in [-0.05, 0) is 51.0 Å². The average Bonchev–Trinajstić information content (AvgIpc) is 3.13. The maximum absolute atomic E-state index is 12.7. The Labute approximate surface area is 173 Å². The lowest BCUT2D eigenvalue weighted by Crippen LogP contribution is -2.47. The quantitative estimate of drug-likeness (QED) is 0.746. The van der Waals surface area contributed by atoms with Gasteiger partial charge in [0.05, 0.1) is 0 Å². The number of nitrogens with zero attached hydrogens (tertiary/aromatic N) is 2. The van der Waals surface area contributed by atoms with Gasteiger partial charge in [0.2, 0.25) is 5.91 Å².